The van der Waals surface area contributed by atoms with Gasteiger partial charge in [0.1, 0.15) is 0 Å². The summed E-state index contributed by atoms with van der Waals surface area (Å²) in [6.45, 7) is 11.9. The molecule has 206 valence electrons. The highest BCUT2D eigenvalue weighted by atomic mass is 16.6. The van der Waals surface area contributed by atoms with Crippen molar-refractivity contribution in [1.29, 1.82) is 0 Å². The molecular formula is C34H40O5. The average Bonchev–Trinajstić information content (AvgIpc) is 3.53. The molecule has 5 rings (SSSR count). The van der Waals surface area contributed by atoms with Crippen LogP contribution in [-0.2, 0) is 20.7 Å². The van der Waals surface area contributed by atoms with Crippen LogP contribution in [0.15, 0.2) is 60.7 Å². The smallest absolute Gasteiger partial charge is 0.318 e. The Balaban J connectivity index is 1.27. The van der Waals surface area contributed by atoms with Gasteiger partial charge in [0.05, 0.1) is 38.4 Å². The maximum absolute atomic E-state index is 13.0. The number of methoxy groups -OCH3 is 1. The lowest BCUT2D eigenvalue weighted by Gasteiger charge is -2.19. The molecule has 0 bridgehead atoms. The molecule has 39 heavy (non-hydrogen) atoms. The van der Waals surface area contributed by atoms with Gasteiger partial charge >= 0.3 is 5.97 Å². The van der Waals surface area contributed by atoms with Crippen molar-refractivity contribution in [1.82, 2.24) is 0 Å². The van der Waals surface area contributed by atoms with Crippen LogP contribution in [0.1, 0.15) is 72.3 Å². The minimum Gasteiger partial charge on any atom is -0.493 e. The van der Waals surface area contributed by atoms with Crippen LogP contribution in [0.4, 0.5) is 0 Å². The fourth-order valence-corrected chi connectivity index (χ4v) is 5.87. The molecular weight excluding hydrogens is 488 g/mol. The van der Waals surface area contributed by atoms with Crippen molar-refractivity contribution >= 4 is 5.97 Å². The van der Waals surface area contributed by atoms with Gasteiger partial charge in [0.2, 0.25) is 0 Å². The summed E-state index contributed by atoms with van der Waals surface area (Å²) in [5, 5.41) is 0. The van der Waals surface area contributed by atoms with Crippen LogP contribution in [0.2, 0.25) is 0 Å². The van der Waals surface area contributed by atoms with E-state index in [1.165, 1.54) is 22.3 Å². The van der Waals surface area contributed by atoms with Crippen molar-refractivity contribution in [2.75, 3.05) is 20.3 Å². The topological polar surface area (TPSA) is 54.0 Å². The molecule has 2 saturated heterocycles. The predicted molar refractivity (Wildman–Crippen MR) is 152 cm³/mol. The first kappa shape index (κ1) is 27.4. The first-order chi connectivity index (χ1) is 18.7. The molecule has 2 aliphatic rings. The van der Waals surface area contributed by atoms with E-state index in [0.29, 0.717) is 36.5 Å². The van der Waals surface area contributed by atoms with Crippen LogP contribution < -0.4 is 9.47 Å². The van der Waals surface area contributed by atoms with E-state index < -0.39 is 0 Å². The highest BCUT2D eigenvalue weighted by Crippen LogP contribution is 2.51. The maximum atomic E-state index is 13.0. The Hall–Kier alpha value is -3.15. The second kappa shape index (κ2) is 11.5. The molecule has 0 spiro atoms. The van der Waals surface area contributed by atoms with Crippen molar-refractivity contribution < 1.29 is 23.7 Å². The fraction of sp³-hybridized carbons (Fsp3) is 0.441. The van der Waals surface area contributed by atoms with E-state index in [4.69, 9.17) is 18.9 Å². The molecule has 2 fully saturated rings. The standard InChI is InChI=1S/C34H40O5/c1-20(2)15-24-8-11-25(12-9-24)23(5)34(35)39-30-14-13-27(17-31(30)36-6)33-29-19-37-32(28(29)18-38-33)26-10-7-21(3)22(4)16-26/h7-14,16-17,20,23,28-29,32-33H,15,18-19H2,1-6H3/t23?,28?,29?,32-,33+/m1/s1. The van der Waals surface area contributed by atoms with E-state index >= 15 is 0 Å². The lowest BCUT2D eigenvalue weighted by Crippen LogP contribution is -2.17. The SMILES string of the molecule is COc1cc([C@@H]2OCC3C2CO[C@@H]3c2ccc(C)c(C)c2)ccc1OC(=O)C(C)c1ccc(CC(C)C)cc1. The van der Waals surface area contributed by atoms with Crippen molar-refractivity contribution in [3.63, 3.8) is 0 Å². The summed E-state index contributed by atoms with van der Waals surface area (Å²) in [5.74, 6) is 1.39. The van der Waals surface area contributed by atoms with Gasteiger partial charge in [-0.2, -0.15) is 0 Å². The molecule has 3 unspecified atom stereocenters. The van der Waals surface area contributed by atoms with Crippen LogP contribution in [0.3, 0.4) is 0 Å². The normalized spacial score (nSPS) is 23.1. The monoisotopic (exact) mass is 528 g/mol. The van der Waals surface area contributed by atoms with Crippen LogP contribution in [-0.4, -0.2) is 26.3 Å². The number of ether oxygens (including phenoxy) is 4. The van der Waals surface area contributed by atoms with E-state index in [0.717, 1.165) is 17.5 Å². The molecule has 2 heterocycles. The summed E-state index contributed by atoms with van der Waals surface area (Å²) in [6, 6.07) is 20.6. The number of fused-ring (bicyclic) bond motifs is 1. The summed E-state index contributed by atoms with van der Waals surface area (Å²) in [5.41, 5.74) is 7.01. The number of esters is 1. The molecule has 0 aromatic heterocycles. The summed E-state index contributed by atoms with van der Waals surface area (Å²) >= 11 is 0. The lowest BCUT2D eigenvalue weighted by atomic mass is 9.84. The zero-order valence-corrected chi connectivity index (χ0v) is 23.9. The van der Waals surface area contributed by atoms with Gasteiger partial charge in [-0.3, -0.25) is 4.79 Å². The Morgan fingerprint density at radius 1 is 0.821 bits per heavy atom. The molecule has 5 heteroatoms. The third-order valence-electron chi connectivity index (χ3n) is 8.33. The van der Waals surface area contributed by atoms with Gasteiger partial charge in [-0.15, -0.1) is 0 Å². The number of benzene rings is 3. The number of hydrogen-bond acceptors (Lipinski definition) is 5. The third kappa shape index (κ3) is 5.75. The molecule has 0 aliphatic carbocycles. The first-order valence-electron chi connectivity index (χ1n) is 14.0. The zero-order valence-electron chi connectivity index (χ0n) is 23.9. The van der Waals surface area contributed by atoms with Gasteiger partial charge in [-0.1, -0.05) is 62.4 Å². The zero-order chi connectivity index (χ0) is 27.7. The van der Waals surface area contributed by atoms with Gasteiger partial charge in [-0.05, 0) is 78.6 Å². The Bertz CT molecular complexity index is 1310. The molecule has 3 aromatic rings. The number of aryl methyl sites for hydroxylation is 2. The molecule has 0 amide bonds. The molecule has 0 saturated carbocycles. The Kier molecular flexibility index (Phi) is 8.11. The number of rotatable bonds is 8. The van der Waals surface area contributed by atoms with Gasteiger partial charge in [-0.25, -0.2) is 0 Å². The van der Waals surface area contributed by atoms with E-state index in [2.05, 4.69) is 58.0 Å². The molecule has 0 N–H and O–H groups in total. The number of hydrogen-bond donors (Lipinski definition) is 0. The first-order valence-corrected chi connectivity index (χ1v) is 14.0. The van der Waals surface area contributed by atoms with Crippen molar-refractivity contribution in [2.24, 2.45) is 17.8 Å². The Morgan fingerprint density at radius 2 is 1.44 bits per heavy atom. The largest absolute Gasteiger partial charge is 0.493 e. The molecule has 5 atom stereocenters. The predicted octanol–water partition coefficient (Wildman–Crippen LogP) is 7.29. The van der Waals surface area contributed by atoms with Crippen molar-refractivity contribution in [3.8, 4) is 11.5 Å². The summed E-state index contributed by atoms with van der Waals surface area (Å²) in [4.78, 5) is 13.0. The average molecular weight is 529 g/mol. The Morgan fingerprint density at radius 3 is 2.03 bits per heavy atom. The summed E-state index contributed by atoms with van der Waals surface area (Å²) in [7, 11) is 1.60. The fourth-order valence-electron chi connectivity index (χ4n) is 5.87. The summed E-state index contributed by atoms with van der Waals surface area (Å²) < 4.78 is 24.1. The van der Waals surface area contributed by atoms with Crippen molar-refractivity contribution in [2.45, 2.75) is 59.2 Å². The molecule has 2 aliphatic heterocycles. The van der Waals surface area contributed by atoms with E-state index in [1.54, 1.807) is 7.11 Å². The molecule has 5 nitrogen and oxygen atoms in total. The van der Waals surface area contributed by atoms with Crippen LogP contribution >= 0.6 is 0 Å². The highest BCUT2D eigenvalue weighted by Gasteiger charge is 2.48. The van der Waals surface area contributed by atoms with Crippen LogP contribution in [0.25, 0.3) is 0 Å². The van der Waals surface area contributed by atoms with E-state index in [1.807, 2.05) is 37.3 Å². The van der Waals surface area contributed by atoms with Gasteiger partial charge in [0.15, 0.2) is 11.5 Å². The van der Waals surface area contributed by atoms with Gasteiger partial charge in [0.25, 0.3) is 0 Å². The van der Waals surface area contributed by atoms with Crippen molar-refractivity contribution in [3.05, 3.63) is 94.0 Å². The van der Waals surface area contributed by atoms with E-state index in [9.17, 15) is 4.79 Å². The Labute approximate surface area is 232 Å². The van der Waals surface area contributed by atoms with Crippen LogP contribution in [0, 0.1) is 31.6 Å². The molecule has 3 aromatic carbocycles. The minimum absolute atomic E-state index is 0.0438. The molecule has 0 radical (unpaired) electrons. The quantitative estimate of drug-likeness (QED) is 0.227. The second-order valence-electron chi connectivity index (χ2n) is 11.6. The maximum Gasteiger partial charge on any atom is 0.318 e. The number of carbonyl (C=O) groups is 1. The van der Waals surface area contributed by atoms with Gasteiger partial charge < -0.3 is 18.9 Å². The highest BCUT2D eigenvalue weighted by molar-refractivity contribution is 5.80. The minimum atomic E-state index is -0.389. The van der Waals surface area contributed by atoms with Crippen LogP contribution in [0.5, 0.6) is 11.5 Å². The second-order valence-corrected chi connectivity index (χ2v) is 11.6. The van der Waals surface area contributed by atoms with E-state index in [-0.39, 0.29) is 30.0 Å². The van der Waals surface area contributed by atoms with Gasteiger partial charge in [0, 0.05) is 11.8 Å². The number of carbonyl (C=O) groups excluding carboxylic acids is 1. The summed E-state index contributed by atoms with van der Waals surface area (Å²) in [6.07, 6.45) is 0.976. The third-order valence-corrected chi connectivity index (χ3v) is 8.33. The lowest BCUT2D eigenvalue weighted by molar-refractivity contribution is -0.135.